The molecule has 0 fully saturated rings. The van der Waals surface area contributed by atoms with E-state index in [1.807, 2.05) is 81.4 Å². The normalized spacial score (nSPS) is 12.0. The van der Waals surface area contributed by atoms with Crippen molar-refractivity contribution in [3.63, 3.8) is 0 Å². The molecule has 0 aromatic heterocycles. The molecular formula is C32H41N3O5S. The number of ether oxygens (including phenoxy) is 1. The van der Waals surface area contributed by atoms with Gasteiger partial charge < -0.3 is 15.0 Å². The Morgan fingerprint density at radius 1 is 0.878 bits per heavy atom. The maximum atomic E-state index is 13.8. The fourth-order valence-electron chi connectivity index (χ4n) is 4.38. The molecule has 3 rings (SSSR count). The van der Waals surface area contributed by atoms with Crippen molar-refractivity contribution in [3.05, 3.63) is 96.1 Å². The molecule has 8 nitrogen and oxygen atoms in total. The lowest BCUT2D eigenvalue weighted by Crippen LogP contribution is -2.53. The molecule has 1 atom stereocenters. The largest absolute Gasteiger partial charge is 0.489 e. The Hall–Kier alpha value is -3.85. The van der Waals surface area contributed by atoms with Crippen LogP contribution in [0.25, 0.3) is 0 Å². The predicted molar refractivity (Wildman–Crippen MR) is 163 cm³/mol. The minimum Gasteiger partial charge on any atom is -0.489 e. The Balaban J connectivity index is 1.80. The lowest BCUT2D eigenvalue weighted by Gasteiger charge is -2.33. The summed E-state index contributed by atoms with van der Waals surface area (Å²) < 4.78 is 32.6. The zero-order valence-corrected chi connectivity index (χ0v) is 25.1. The van der Waals surface area contributed by atoms with Crippen molar-refractivity contribution in [2.45, 2.75) is 46.3 Å². The van der Waals surface area contributed by atoms with Gasteiger partial charge in [0.15, 0.2) is 0 Å². The standard InChI is InChI=1S/C32H41N3O5S/c1-5-30(32(37)33-22-25(2)3)34(21-20-26-12-8-6-9-13-26)31(36)23-35(41(4,38)39)28-16-18-29(19-17-28)40-24-27-14-10-7-11-15-27/h6-19,25,30H,5,20-24H2,1-4H3,(H,33,37)/t30-/m0/s1. The number of carbonyl (C=O) groups excluding carboxylic acids is 2. The summed E-state index contributed by atoms with van der Waals surface area (Å²) in [5.41, 5.74) is 2.38. The third-order valence-electron chi connectivity index (χ3n) is 6.61. The molecule has 220 valence electrons. The van der Waals surface area contributed by atoms with Gasteiger partial charge in [0.2, 0.25) is 21.8 Å². The quantitative estimate of drug-likeness (QED) is 0.283. The van der Waals surface area contributed by atoms with Crippen LogP contribution in [-0.4, -0.2) is 57.1 Å². The van der Waals surface area contributed by atoms with E-state index < -0.39 is 28.5 Å². The van der Waals surface area contributed by atoms with Gasteiger partial charge in [-0.1, -0.05) is 81.4 Å². The highest BCUT2D eigenvalue weighted by Crippen LogP contribution is 2.23. The van der Waals surface area contributed by atoms with E-state index in [1.165, 1.54) is 4.90 Å². The summed E-state index contributed by atoms with van der Waals surface area (Å²) in [6.45, 7) is 6.58. The molecule has 3 aromatic carbocycles. The number of nitrogens with zero attached hydrogens (tertiary/aromatic N) is 2. The van der Waals surface area contributed by atoms with E-state index in [4.69, 9.17) is 4.74 Å². The van der Waals surface area contributed by atoms with E-state index >= 15 is 0 Å². The second kappa shape index (κ2) is 15.2. The zero-order valence-electron chi connectivity index (χ0n) is 24.3. The number of sulfonamides is 1. The van der Waals surface area contributed by atoms with Gasteiger partial charge in [-0.3, -0.25) is 13.9 Å². The molecule has 0 unspecified atom stereocenters. The van der Waals surface area contributed by atoms with Crippen LogP contribution >= 0.6 is 0 Å². The lowest BCUT2D eigenvalue weighted by molar-refractivity contribution is -0.139. The van der Waals surface area contributed by atoms with Crippen LogP contribution in [0.2, 0.25) is 0 Å². The Labute approximate surface area is 244 Å². The van der Waals surface area contributed by atoms with Crippen molar-refractivity contribution in [2.24, 2.45) is 5.92 Å². The number of rotatable bonds is 15. The SMILES string of the molecule is CC[C@@H](C(=O)NCC(C)C)N(CCc1ccccc1)C(=O)CN(c1ccc(OCc2ccccc2)cc1)S(C)(=O)=O. The van der Waals surface area contributed by atoms with E-state index in [0.29, 0.717) is 37.4 Å². The summed E-state index contributed by atoms with van der Waals surface area (Å²) in [5.74, 6) is 0.149. The molecule has 1 N–H and O–H groups in total. The molecule has 0 heterocycles. The molecule has 0 spiro atoms. The van der Waals surface area contributed by atoms with Gasteiger partial charge in [-0.15, -0.1) is 0 Å². The second-order valence-electron chi connectivity index (χ2n) is 10.4. The minimum atomic E-state index is -3.81. The molecule has 9 heteroatoms. The lowest BCUT2D eigenvalue weighted by atomic mass is 10.1. The monoisotopic (exact) mass is 579 g/mol. The van der Waals surface area contributed by atoms with Crippen molar-refractivity contribution in [3.8, 4) is 5.75 Å². The first-order valence-electron chi connectivity index (χ1n) is 13.9. The summed E-state index contributed by atoms with van der Waals surface area (Å²) in [7, 11) is -3.81. The number of hydrogen-bond donors (Lipinski definition) is 1. The molecular weight excluding hydrogens is 538 g/mol. The van der Waals surface area contributed by atoms with Crippen LogP contribution in [0.4, 0.5) is 5.69 Å². The minimum absolute atomic E-state index is 0.242. The molecule has 0 aliphatic heterocycles. The molecule has 0 bridgehead atoms. The Morgan fingerprint density at radius 2 is 1.46 bits per heavy atom. The van der Waals surface area contributed by atoms with Gasteiger partial charge in [0.1, 0.15) is 24.9 Å². The van der Waals surface area contributed by atoms with Crippen LogP contribution in [0.5, 0.6) is 5.75 Å². The van der Waals surface area contributed by atoms with Gasteiger partial charge >= 0.3 is 0 Å². The van der Waals surface area contributed by atoms with Crippen molar-refractivity contribution >= 4 is 27.5 Å². The van der Waals surface area contributed by atoms with Crippen LogP contribution in [0, 0.1) is 5.92 Å². The molecule has 3 aromatic rings. The highest BCUT2D eigenvalue weighted by molar-refractivity contribution is 7.92. The molecule has 0 aliphatic rings. The topological polar surface area (TPSA) is 96.0 Å². The van der Waals surface area contributed by atoms with Crippen molar-refractivity contribution in [1.82, 2.24) is 10.2 Å². The summed E-state index contributed by atoms with van der Waals surface area (Å²) in [4.78, 5) is 28.4. The first-order valence-corrected chi connectivity index (χ1v) is 15.8. The average molecular weight is 580 g/mol. The number of hydrogen-bond acceptors (Lipinski definition) is 5. The van der Waals surface area contributed by atoms with Gasteiger partial charge in [-0.2, -0.15) is 0 Å². The van der Waals surface area contributed by atoms with E-state index in [9.17, 15) is 18.0 Å². The van der Waals surface area contributed by atoms with Crippen molar-refractivity contribution < 1.29 is 22.7 Å². The number of carbonyl (C=O) groups is 2. The highest BCUT2D eigenvalue weighted by atomic mass is 32.2. The van der Waals surface area contributed by atoms with Gasteiger partial charge in [0.05, 0.1) is 11.9 Å². The Bertz CT molecular complexity index is 1350. The highest BCUT2D eigenvalue weighted by Gasteiger charge is 2.31. The maximum Gasteiger partial charge on any atom is 0.244 e. The van der Waals surface area contributed by atoms with Gasteiger partial charge in [-0.05, 0) is 54.2 Å². The van der Waals surface area contributed by atoms with Crippen LogP contribution < -0.4 is 14.4 Å². The zero-order chi connectivity index (χ0) is 29.8. The molecule has 0 saturated carbocycles. The first-order chi connectivity index (χ1) is 19.6. The van der Waals surface area contributed by atoms with Crippen LogP contribution in [-0.2, 0) is 32.6 Å². The number of anilines is 1. The number of benzene rings is 3. The second-order valence-corrected chi connectivity index (χ2v) is 12.3. The third kappa shape index (κ3) is 9.93. The van der Waals surface area contributed by atoms with Gasteiger partial charge in [-0.25, -0.2) is 8.42 Å². The summed E-state index contributed by atoms with van der Waals surface area (Å²) in [6.07, 6.45) is 2.00. The predicted octanol–water partition coefficient (Wildman–Crippen LogP) is 4.65. The Morgan fingerprint density at radius 3 is 2.00 bits per heavy atom. The number of amides is 2. The van der Waals surface area contributed by atoms with Crippen molar-refractivity contribution in [2.75, 3.05) is 30.2 Å². The Kier molecular flexibility index (Phi) is 11.8. The van der Waals surface area contributed by atoms with Crippen LogP contribution in [0.1, 0.15) is 38.3 Å². The maximum absolute atomic E-state index is 13.8. The van der Waals surface area contributed by atoms with Gasteiger partial charge in [0.25, 0.3) is 0 Å². The van der Waals surface area contributed by atoms with Crippen molar-refractivity contribution in [1.29, 1.82) is 0 Å². The van der Waals surface area contributed by atoms with E-state index in [1.54, 1.807) is 24.3 Å². The van der Waals surface area contributed by atoms with Crippen LogP contribution in [0.3, 0.4) is 0 Å². The first kappa shape index (κ1) is 31.7. The molecule has 0 aliphatic carbocycles. The smallest absolute Gasteiger partial charge is 0.244 e. The summed E-state index contributed by atoms with van der Waals surface area (Å²) in [5, 5.41) is 2.93. The molecule has 2 amide bonds. The molecule has 0 saturated heterocycles. The fourth-order valence-corrected chi connectivity index (χ4v) is 5.23. The molecule has 0 radical (unpaired) electrons. The molecule has 41 heavy (non-hydrogen) atoms. The van der Waals surface area contributed by atoms with E-state index in [2.05, 4.69) is 5.32 Å². The number of nitrogens with one attached hydrogen (secondary N) is 1. The van der Waals surface area contributed by atoms with E-state index in [-0.39, 0.29) is 18.4 Å². The third-order valence-corrected chi connectivity index (χ3v) is 7.75. The summed E-state index contributed by atoms with van der Waals surface area (Å²) in [6, 6.07) is 25.3. The fraction of sp³-hybridized carbons (Fsp3) is 0.375. The average Bonchev–Trinajstić information content (AvgIpc) is 2.96. The summed E-state index contributed by atoms with van der Waals surface area (Å²) >= 11 is 0. The van der Waals surface area contributed by atoms with E-state index in [0.717, 1.165) is 21.7 Å². The van der Waals surface area contributed by atoms with Crippen LogP contribution in [0.15, 0.2) is 84.9 Å². The van der Waals surface area contributed by atoms with Gasteiger partial charge in [0, 0.05) is 13.1 Å².